The van der Waals surface area contributed by atoms with Gasteiger partial charge in [-0.15, -0.1) is 0 Å². The summed E-state index contributed by atoms with van der Waals surface area (Å²) in [5, 5.41) is 8.91. The van der Waals surface area contributed by atoms with Crippen molar-refractivity contribution >= 4 is 6.29 Å². The van der Waals surface area contributed by atoms with E-state index in [4.69, 9.17) is 5.26 Å². The molecule has 0 radical (unpaired) electrons. The molecule has 21 heavy (non-hydrogen) atoms. The number of nitriles is 1. The standard InChI is InChI=1S/C12H21N.C7H10O/c1-10(2)7-6-8-11(3)12(4,5)9-13;8-6-7-4-2-1-3-5-7/h7,11H,6,8H2,1-5H3;1-2,6-7H,3-5H2. The average Bonchev–Trinajstić information content (AvgIpc) is 2.48. The van der Waals surface area contributed by atoms with Crippen LogP contribution in [0.3, 0.4) is 0 Å². The van der Waals surface area contributed by atoms with Gasteiger partial charge in [0, 0.05) is 5.92 Å². The predicted octanol–water partition coefficient (Wildman–Crippen LogP) is 5.46. The molecule has 1 aliphatic rings. The highest BCUT2D eigenvalue weighted by Gasteiger charge is 2.24. The highest BCUT2D eigenvalue weighted by molar-refractivity contribution is 5.54. The first kappa shape index (κ1) is 19.6. The van der Waals surface area contributed by atoms with Crippen molar-refractivity contribution in [1.82, 2.24) is 0 Å². The van der Waals surface area contributed by atoms with Crippen LogP contribution in [0, 0.1) is 28.6 Å². The van der Waals surface area contributed by atoms with Crippen molar-refractivity contribution in [3.8, 4) is 6.07 Å². The fourth-order valence-corrected chi connectivity index (χ4v) is 2.03. The SMILES string of the molecule is CC(C)=CCCC(C)C(C)(C)C#N.O=CC1CC=CCC1. The third-order valence-electron chi connectivity index (χ3n) is 4.17. The Balaban J connectivity index is 0.000000423. The molecule has 2 heteroatoms. The van der Waals surface area contributed by atoms with Crippen LogP contribution >= 0.6 is 0 Å². The molecule has 2 unspecified atom stereocenters. The van der Waals surface area contributed by atoms with Crippen molar-refractivity contribution in [2.75, 3.05) is 0 Å². The largest absolute Gasteiger partial charge is 0.303 e. The molecule has 1 aliphatic carbocycles. The summed E-state index contributed by atoms with van der Waals surface area (Å²) in [4.78, 5) is 10.1. The van der Waals surface area contributed by atoms with Gasteiger partial charge in [-0.2, -0.15) is 5.26 Å². The molecule has 0 aromatic rings. The quantitative estimate of drug-likeness (QED) is 0.498. The lowest BCUT2D eigenvalue weighted by Crippen LogP contribution is -2.18. The van der Waals surface area contributed by atoms with Crippen LogP contribution in [0.5, 0.6) is 0 Å². The first-order chi connectivity index (χ1) is 9.83. The van der Waals surface area contributed by atoms with Gasteiger partial charge in [-0.1, -0.05) is 30.7 Å². The van der Waals surface area contributed by atoms with Gasteiger partial charge in [0.15, 0.2) is 0 Å². The molecular formula is C19H31NO. The Morgan fingerprint density at radius 3 is 2.48 bits per heavy atom. The lowest BCUT2D eigenvalue weighted by atomic mass is 9.79. The van der Waals surface area contributed by atoms with Crippen molar-refractivity contribution in [3.05, 3.63) is 23.8 Å². The van der Waals surface area contributed by atoms with E-state index < -0.39 is 0 Å². The van der Waals surface area contributed by atoms with E-state index in [0.29, 0.717) is 11.8 Å². The molecule has 0 amide bonds. The van der Waals surface area contributed by atoms with Gasteiger partial charge in [-0.3, -0.25) is 0 Å². The second-order valence-corrected chi connectivity index (χ2v) is 6.77. The van der Waals surface area contributed by atoms with Gasteiger partial charge in [-0.05, 0) is 65.7 Å². The molecule has 0 fully saturated rings. The molecule has 0 saturated carbocycles. The molecule has 1 rings (SSSR count). The molecule has 2 nitrogen and oxygen atoms in total. The Hall–Kier alpha value is -1.36. The van der Waals surface area contributed by atoms with E-state index in [1.807, 2.05) is 13.8 Å². The number of carbonyl (C=O) groups is 1. The Labute approximate surface area is 130 Å². The second kappa shape index (κ2) is 10.4. The second-order valence-electron chi connectivity index (χ2n) is 6.77. The van der Waals surface area contributed by atoms with E-state index >= 15 is 0 Å². The average molecular weight is 289 g/mol. The highest BCUT2D eigenvalue weighted by Crippen LogP contribution is 2.29. The van der Waals surface area contributed by atoms with E-state index in [-0.39, 0.29) is 5.41 Å². The van der Waals surface area contributed by atoms with Crippen molar-refractivity contribution in [1.29, 1.82) is 5.26 Å². The molecule has 0 saturated heterocycles. The maximum atomic E-state index is 10.1. The molecule has 0 aliphatic heterocycles. The highest BCUT2D eigenvalue weighted by atomic mass is 16.1. The normalized spacial score (nSPS) is 18.8. The Morgan fingerprint density at radius 1 is 1.43 bits per heavy atom. The molecule has 0 heterocycles. The van der Waals surface area contributed by atoms with Crippen LogP contribution in [0.1, 0.15) is 66.7 Å². The number of hydrogen-bond donors (Lipinski definition) is 0. The summed E-state index contributed by atoms with van der Waals surface area (Å²) in [7, 11) is 0. The zero-order valence-electron chi connectivity index (χ0n) is 14.4. The topological polar surface area (TPSA) is 40.9 Å². The summed E-state index contributed by atoms with van der Waals surface area (Å²) < 4.78 is 0. The van der Waals surface area contributed by atoms with Crippen LogP contribution in [-0.4, -0.2) is 6.29 Å². The molecule has 0 aromatic heterocycles. The van der Waals surface area contributed by atoms with E-state index in [1.165, 1.54) is 5.57 Å². The van der Waals surface area contributed by atoms with E-state index in [2.05, 4.69) is 45.1 Å². The minimum Gasteiger partial charge on any atom is -0.303 e. The minimum absolute atomic E-state index is 0.185. The maximum absolute atomic E-state index is 10.1. The van der Waals surface area contributed by atoms with E-state index in [9.17, 15) is 4.79 Å². The Bertz CT molecular complexity index is 394. The Kier molecular flexibility index (Phi) is 9.71. The lowest BCUT2D eigenvalue weighted by Gasteiger charge is -2.23. The fraction of sp³-hybridized carbons (Fsp3) is 0.684. The van der Waals surface area contributed by atoms with Crippen LogP contribution in [0.15, 0.2) is 23.8 Å². The van der Waals surface area contributed by atoms with Gasteiger partial charge in [0.1, 0.15) is 6.29 Å². The summed E-state index contributed by atoms with van der Waals surface area (Å²) in [6.45, 7) is 10.4. The van der Waals surface area contributed by atoms with Crippen LogP contribution in [0.2, 0.25) is 0 Å². The summed E-state index contributed by atoms with van der Waals surface area (Å²) in [6.07, 6.45) is 12.8. The minimum atomic E-state index is -0.185. The van der Waals surface area contributed by atoms with Crippen LogP contribution in [0.4, 0.5) is 0 Å². The van der Waals surface area contributed by atoms with Gasteiger partial charge in [0.05, 0.1) is 11.5 Å². The number of rotatable bonds is 5. The number of aldehydes is 1. The van der Waals surface area contributed by atoms with E-state index in [0.717, 1.165) is 38.4 Å². The Morgan fingerprint density at radius 2 is 2.10 bits per heavy atom. The summed E-state index contributed by atoms with van der Waals surface area (Å²) in [6, 6.07) is 2.36. The van der Waals surface area contributed by atoms with Crippen molar-refractivity contribution in [3.63, 3.8) is 0 Å². The predicted molar refractivity (Wildman–Crippen MR) is 89.8 cm³/mol. The van der Waals surface area contributed by atoms with Gasteiger partial charge in [0.25, 0.3) is 0 Å². The first-order valence-corrected chi connectivity index (χ1v) is 7.98. The summed E-state index contributed by atoms with van der Waals surface area (Å²) in [5.41, 5.74) is 1.18. The van der Waals surface area contributed by atoms with Crippen LogP contribution in [-0.2, 0) is 4.79 Å². The van der Waals surface area contributed by atoms with Gasteiger partial charge < -0.3 is 4.79 Å². The number of nitrogens with zero attached hydrogens (tertiary/aromatic N) is 1. The van der Waals surface area contributed by atoms with Gasteiger partial charge >= 0.3 is 0 Å². The first-order valence-electron chi connectivity index (χ1n) is 7.98. The lowest BCUT2D eigenvalue weighted by molar-refractivity contribution is -0.111. The van der Waals surface area contributed by atoms with Crippen LogP contribution < -0.4 is 0 Å². The van der Waals surface area contributed by atoms with Gasteiger partial charge in [-0.25, -0.2) is 0 Å². The number of allylic oxidation sites excluding steroid dienone is 4. The van der Waals surface area contributed by atoms with Gasteiger partial charge in [0.2, 0.25) is 0 Å². The molecule has 2 atom stereocenters. The molecular weight excluding hydrogens is 258 g/mol. The fourth-order valence-electron chi connectivity index (χ4n) is 2.03. The smallest absolute Gasteiger partial charge is 0.123 e. The molecule has 0 aromatic carbocycles. The van der Waals surface area contributed by atoms with Crippen molar-refractivity contribution < 1.29 is 4.79 Å². The monoisotopic (exact) mass is 289 g/mol. The summed E-state index contributed by atoms with van der Waals surface area (Å²) >= 11 is 0. The van der Waals surface area contributed by atoms with E-state index in [1.54, 1.807) is 0 Å². The van der Waals surface area contributed by atoms with Crippen LogP contribution in [0.25, 0.3) is 0 Å². The molecule has 0 N–H and O–H groups in total. The number of carbonyl (C=O) groups excluding carboxylic acids is 1. The molecule has 0 spiro atoms. The zero-order valence-corrected chi connectivity index (χ0v) is 14.4. The zero-order chi connectivity index (χ0) is 16.3. The number of hydrogen-bond acceptors (Lipinski definition) is 2. The molecule has 0 bridgehead atoms. The summed E-state index contributed by atoms with van der Waals surface area (Å²) in [5.74, 6) is 0.785. The third kappa shape index (κ3) is 9.24. The maximum Gasteiger partial charge on any atom is 0.123 e. The third-order valence-corrected chi connectivity index (χ3v) is 4.17. The molecule has 118 valence electrons. The van der Waals surface area contributed by atoms with Crippen molar-refractivity contribution in [2.24, 2.45) is 17.3 Å². The van der Waals surface area contributed by atoms with Crippen molar-refractivity contribution in [2.45, 2.75) is 66.7 Å².